The normalized spacial score (nSPS) is 11.9. The lowest BCUT2D eigenvalue weighted by Crippen LogP contribution is -2.37. The minimum absolute atomic E-state index is 0.0555. The third-order valence-corrected chi connectivity index (χ3v) is 6.02. The number of rotatable bonds is 11. The lowest BCUT2D eigenvalue weighted by Gasteiger charge is -2.24. The monoisotopic (exact) mass is 515 g/mol. The number of urea groups is 1. The van der Waals surface area contributed by atoms with Crippen molar-refractivity contribution >= 4 is 23.3 Å². The van der Waals surface area contributed by atoms with Crippen LogP contribution < -0.4 is 20.3 Å². The van der Waals surface area contributed by atoms with Crippen molar-refractivity contribution in [2.75, 3.05) is 23.3 Å². The summed E-state index contributed by atoms with van der Waals surface area (Å²) in [4.78, 5) is 27.4. The molecule has 0 aromatic heterocycles. The van der Waals surface area contributed by atoms with E-state index in [1.54, 1.807) is 4.90 Å². The predicted octanol–water partition coefficient (Wildman–Crippen LogP) is 7.79. The van der Waals surface area contributed by atoms with Crippen LogP contribution in [0.5, 0.6) is 11.5 Å². The Morgan fingerprint density at radius 1 is 0.921 bits per heavy atom. The van der Waals surface area contributed by atoms with Gasteiger partial charge in [0.25, 0.3) is 0 Å². The number of benzene rings is 3. The highest BCUT2D eigenvalue weighted by Gasteiger charge is 2.19. The lowest BCUT2D eigenvalue weighted by molar-refractivity contribution is -0.122. The molecule has 0 aliphatic rings. The summed E-state index contributed by atoms with van der Waals surface area (Å²) in [6, 6.07) is 24.5. The number of nitrogens with one attached hydrogen (secondary N) is 2. The zero-order chi connectivity index (χ0) is 27.5. The second kappa shape index (κ2) is 13.7. The zero-order valence-electron chi connectivity index (χ0n) is 23.3. The molecule has 0 radical (unpaired) electrons. The molecular weight excluding hydrogens is 474 g/mol. The molecule has 0 saturated heterocycles. The molecule has 0 spiro atoms. The molecule has 0 aliphatic heterocycles. The molecule has 0 saturated carbocycles. The largest absolute Gasteiger partial charge is 0.457 e. The van der Waals surface area contributed by atoms with E-state index < -0.39 is 0 Å². The van der Waals surface area contributed by atoms with Gasteiger partial charge in [0.2, 0.25) is 5.91 Å². The quantitative estimate of drug-likeness (QED) is 0.256. The molecule has 3 aromatic rings. The molecule has 0 fully saturated rings. The maximum absolute atomic E-state index is 13.3. The van der Waals surface area contributed by atoms with Crippen molar-refractivity contribution in [1.29, 1.82) is 0 Å². The molecule has 1 atom stereocenters. The number of aryl methyl sites for hydroxylation is 1. The molecule has 3 amide bonds. The van der Waals surface area contributed by atoms with E-state index in [1.807, 2.05) is 85.8 Å². The van der Waals surface area contributed by atoms with Gasteiger partial charge in [-0.1, -0.05) is 58.0 Å². The van der Waals surface area contributed by atoms with Gasteiger partial charge in [0, 0.05) is 30.9 Å². The molecular formula is C32H41N3O3. The van der Waals surface area contributed by atoms with Gasteiger partial charge in [-0.3, -0.25) is 9.69 Å². The average Bonchev–Trinajstić information content (AvgIpc) is 2.84. The molecule has 3 aromatic carbocycles. The molecule has 3 rings (SSSR count). The zero-order valence-corrected chi connectivity index (χ0v) is 23.3. The van der Waals surface area contributed by atoms with E-state index >= 15 is 0 Å². The van der Waals surface area contributed by atoms with E-state index in [0.717, 1.165) is 29.1 Å². The fourth-order valence-corrected chi connectivity index (χ4v) is 4.55. The minimum Gasteiger partial charge on any atom is -0.457 e. The van der Waals surface area contributed by atoms with Gasteiger partial charge in [-0.05, 0) is 85.2 Å². The van der Waals surface area contributed by atoms with Crippen molar-refractivity contribution < 1.29 is 14.3 Å². The van der Waals surface area contributed by atoms with Crippen molar-refractivity contribution in [3.63, 3.8) is 0 Å². The number of amides is 3. The van der Waals surface area contributed by atoms with Gasteiger partial charge >= 0.3 is 6.03 Å². The van der Waals surface area contributed by atoms with Crippen LogP contribution in [0.2, 0.25) is 0 Å². The van der Waals surface area contributed by atoms with E-state index in [-0.39, 0.29) is 17.4 Å². The Kier molecular flexibility index (Phi) is 10.3. The predicted molar refractivity (Wildman–Crippen MR) is 156 cm³/mol. The SMILES string of the molecule is Cc1cccc(NC(=O)N(CCCNC(=O)CC(C)CC(C)(C)C)c2ccc(Oc3ccccc3)cc2)c1. The van der Waals surface area contributed by atoms with E-state index in [9.17, 15) is 9.59 Å². The van der Waals surface area contributed by atoms with E-state index in [1.165, 1.54) is 0 Å². The molecule has 0 heterocycles. The molecule has 1 unspecified atom stereocenters. The van der Waals surface area contributed by atoms with Crippen LogP contribution in [-0.4, -0.2) is 25.0 Å². The van der Waals surface area contributed by atoms with Crippen molar-refractivity contribution in [1.82, 2.24) is 5.32 Å². The Bertz CT molecular complexity index is 1170. The van der Waals surface area contributed by atoms with Crippen LogP contribution in [0.25, 0.3) is 0 Å². The molecule has 38 heavy (non-hydrogen) atoms. The summed E-state index contributed by atoms with van der Waals surface area (Å²) in [5.74, 6) is 1.82. The third kappa shape index (κ3) is 9.92. The summed E-state index contributed by atoms with van der Waals surface area (Å²) in [7, 11) is 0. The molecule has 6 heteroatoms. The minimum atomic E-state index is -0.225. The second-order valence-corrected chi connectivity index (χ2v) is 11.1. The Balaban J connectivity index is 1.62. The van der Waals surface area contributed by atoms with Crippen LogP contribution >= 0.6 is 0 Å². The number of hydrogen-bond acceptors (Lipinski definition) is 3. The molecule has 0 bridgehead atoms. The molecule has 202 valence electrons. The summed E-state index contributed by atoms with van der Waals surface area (Å²) >= 11 is 0. The van der Waals surface area contributed by atoms with Gasteiger partial charge in [0.1, 0.15) is 11.5 Å². The topological polar surface area (TPSA) is 70.7 Å². The van der Waals surface area contributed by atoms with Crippen LogP contribution in [0.1, 0.15) is 52.5 Å². The van der Waals surface area contributed by atoms with Gasteiger partial charge < -0.3 is 15.4 Å². The first-order valence-electron chi connectivity index (χ1n) is 13.3. The first kappa shape index (κ1) is 28.8. The number of nitrogens with zero attached hydrogens (tertiary/aromatic N) is 1. The fraction of sp³-hybridized carbons (Fsp3) is 0.375. The highest BCUT2D eigenvalue weighted by atomic mass is 16.5. The van der Waals surface area contributed by atoms with Crippen LogP contribution in [0.3, 0.4) is 0 Å². The van der Waals surface area contributed by atoms with Gasteiger partial charge in [0.05, 0.1) is 0 Å². The second-order valence-electron chi connectivity index (χ2n) is 11.1. The van der Waals surface area contributed by atoms with Crippen molar-refractivity contribution in [3.05, 3.63) is 84.4 Å². The van der Waals surface area contributed by atoms with Crippen molar-refractivity contribution in [2.45, 2.75) is 53.9 Å². The smallest absolute Gasteiger partial charge is 0.326 e. The summed E-state index contributed by atoms with van der Waals surface area (Å²) in [5.41, 5.74) is 2.76. The van der Waals surface area contributed by atoms with Crippen LogP contribution in [-0.2, 0) is 4.79 Å². The number of carbonyl (C=O) groups is 2. The van der Waals surface area contributed by atoms with E-state index in [0.29, 0.717) is 37.6 Å². The maximum Gasteiger partial charge on any atom is 0.326 e. The average molecular weight is 516 g/mol. The number of ether oxygens (including phenoxy) is 1. The third-order valence-electron chi connectivity index (χ3n) is 6.02. The van der Waals surface area contributed by atoms with Crippen LogP contribution in [0.15, 0.2) is 78.9 Å². The Labute approximate surface area is 227 Å². The lowest BCUT2D eigenvalue weighted by atomic mass is 9.84. The maximum atomic E-state index is 13.3. The summed E-state index contributed by atoms with van der Waals surface area (Å²) in [6.07, 6.45) is 2.14. The van der Waals surface area contributed by atoms with Gasteiger partial charge in [-0.2, -0.15) is 0 Å². The van der Waals surface area contributed by atoms with Gasteiger partial charge in [-0.15, -0.1) is 0 Å². The Morgan fingerprint density at radius 2 is 1.61 bits per heavy atom. The first-order chi connectivity index (χ1) is 18.1. The molecule has 6 nitrogen and oxygen atoms in total. The number of anilines is 2. The fourth-order valence-electron chi connectivity index (χ4n) is 4.55. The Morgan fingerprint density at radius 3 is 2.26 bits per heavy atom. The summed E-state index contributed by atoms with van der Waals surface area (Å²) in [6.45, 7) is 11.6. The van der Waals surface area contributed by atoms with Gasteiger partial charge in [0.15, 0.2) is 0 Å². The number of para-hydroxylation sites is 1. The van der Waals surface area contributed by atoms with Crippen molar-refractivity contribution in [3.8, 4) is 11.5 Å². The van der Waals surface area contributed by atoms with Crippen LogP contribution in [0, 0.1) is 18.3 Å². The Hall–Kier alpha value is -3.80. The van der Waals surface area contributed by atoms with E-state index in [2.05, 4.69) is 38.3 Å². The standard InChI is InChI=1S/C32H41N3O3/c1-24-11-9-12-26(21-24)34-31(37)35(20-10-19-33-30(36)22-25(2)23-32(3,4)5)27-15-17-29(18-16-27)38-28-13-7-6-8-14-28/h6-9,11-18,21,25H,10,19-20,22-23H2,1-5H3,(H,33,36)(H,34,37). The highest BCUT2D eigenvalue weighted by molar-refractivity contribution is 6.01. The summed E-state index contributed by atoms with van der Waals surface area (Å²) < 4.78 is 5.90. The highest BCUT2D eigenvalue weighted by Crippen LogP contribution is 2.26. The summed E-state index contributed by atoms with van der Waals surface area (Å²) in [5, 5.41) is 6.02. The van der Waals surface area contributed by atoms with Crippen molar-refractivity contribution in [2.24, 2.45) is 11.3 Å². The first-order valence-corrected chi connectivity index (χ1v) is 13.3. The molecule has 0 aliphatic carbocycles. The molecule has 2 N–H and O–H groups in total. The number of carbonyl (C=O) groups excluding carboxylic acids is 2. The van der Waals surface area contributed by atoms with Crippen LogP contribution in [0.4, 0.5) is 16.2 Å². The van der Waals surface area contributed by atoms with Gasteiger partial charge in [-0.25, -0.2) is 4.79 Å². The van der Waals surface area contributed by atoms with E-state index in [4.69, 9.17) is 4.74 Å². The number of hydrogen-bond donors (Lipinski definition) is 2.